The Balaban J connectivity index is 2.44. The van der Waals surface area contributed by atoms with E-state index in [4.69, 9.17) is 5.11 Å². The maximum absolute atomic E-state index is 12.6. The number of fused-ring (bicyclic) bond motifs is 1. The zero-order valence-electron chi connectivity index (χ0n) is 11.9. The molecule has 0 saturated carbocycles. The van der Waals surface area contributed by atoms with Crippen LogP contribution < -0.4 is 0 Å². The maximum atomic E-state index is 12.6. The molecule has 2 aromatic rings. The number of carbonyl (C=O) groups excluding carboxylic acids is 1. The van der Waals surface area contributed by atoms with Crippen molar-refractivity contribution in [2.75, 3.05) is 19.3 Å². The normalized spacial score (nSPS) is 10.8. The van der Waals surface area contributed by atoms with Gasteiger partial charge in [-0.25, -0.2) is 4.98 Å². The molecule has 6 nitrogen and oxygen atoms in total. The molecule has 112 valence electrons. The predicted molar refractivity (Wildman–Crippen MR) is 80.8 cm³/mol. The number of carboxylic acids is 1. The van der Waals surface area contributed by atoms with Crippen LogP contribution >= 0.6 is 11.8 Å². The van der Waals surface area contributed by atoms with E-state index in [9.17, 15) is 9.59 Å². The monoisotopic (exact) mass is 307 g/mol. The van der Waals surface area contributed by atoms with Crippen LogP contribution in [0.15, 0.2) is 29.6 Å². The predicted octanol–water partition coefficient (Wildman–Crippen LogP) is 1.99. The van der Waals surface area contributed by atoms with Crippen LogP contribution in [0.3, 0.4) is 0 Å². The minimum Gasteiger partial charge on any atom is -0.480 e. The van der Waals surface area contributed by atoms with E-state index in [-0.39, 0.29) is 12.5 Å². The molecule has 21 heavy (non-hydrogen) atoms. The number of nitrogens with zero attached hydrogens (tertiary/aromatic N) is 3. The number of hydrogen-bond acceptors (Lipinski definition) is 4. The van der Waals surface area contributed by atoms with Crippen molar-refractivity contribution in [1.29, 1.82) is 0 Å². The van der Waals surface area contributed by atoms with Gasteiger partial charge in [-0.3, -0.25) is 14.0 Å². The molecule has 0 aliphatic rings. The van der Waals surface area contributed by atoms with E-state index >= 15 is 0 Å². The molecule has 0 saturated heterocycles. The number of aliphatic carboxylic acids is 1. The lowest BCUT2D eigenvalue weighted by Crippen LogP contribution is -2.36. The van der Waals surface area contributed by atoms with E-state index in [0.717, 1.165) is 0 Å². The molecule has 0 spiro atoms. The van der Waals surface area contributed by atoms with Crippen LogP contribution in [0.4, 0.5) is 0 Å². The van der Waals surface area contributed by atoms with E-state index in [2.05, 4.69) is 4.98 Å². The largest absolute Gasteiger partial charge is 0.480 e. The summed E-state index contributed by atoms with van der Waals surface area (Å²) in [5.41, 5.74) is 0.994. The van der Waals surface area contributed by atoms with Crippen LogP contribution in [0.2, 0.25) is 0 Å². The highest BCUT2D eigenvalue weighted by Gasteiger charge is 2.23. The highest BCUT2D eigenvalue weighted by molar-refractivity contribution is 7.98. The van der Waals surface area contributed by atoms with Crippen molar-refractivity contribution in [3.8, 4) is 0 Å². The van der Waals surface area contributed by atoms with Gasteiger partial charge in [-0.1, -0.05) is 24.8 Å². The number of aromatic nitrogens is 2. The average molecular weight is 307 g/mol. The Labute approximate surface area is 126 Å². The third kappa shape index (κ3) is 3.18. The second kappa shape index (κ2) is 6.62. The molecule has 0 bridgehead atoms. The van der Waals surface area contributed by atoms with Gasteiger partial charge in [0.25, 0.3) is 5.91 Å². The first-order chi connectivity index (χ1) is 10.1. The fourth-order valence-corrected chi connectivity index (χ4v) is 2.68. The summed E-state index contributed by atoms with van der Waals surface area (Å²) in [7, 11) is 0. The quantitative estimate of drug-likeness (QED) is 0.826. The van der Waals surface area contributed by atoms with Crippen molar-refractivity contribution in [1.82, 2.24) is 14.3 Å². The van der Waals surface area contributed by atoms with E-state index in [1.165, 1.54) is 16.7 Å². The van der Waals surface area contributed by atoms with Gasteiger partial charge in [-0.15, -0.1) is 0 Å². The second-order valence-corrected chi connectivity index (χ2v) is 5.30. The third-order valence-electron chi connectivity index (χ3n) is 3.01. The molecule has 1 amide bonds. The highest BCUT2D eigenvalue weighted by Crippen LogP contribution is 2.21. The van der Waals surface area contributed by atoms with Crippen molar-refractivity contribution in [3.63, 3.8) is 0 Å². The van der Waals surface area contributed by atoms with Gasteiger partial charge in [0.1, 0.15) is 6.54 Å². The molecule has 2 heterocycles. The third-order valence-corrected chi connectivity index (χ3v) is 3.66. The van der Waals surface area contributed by atoms with Gasteiger partial charge in [0.15, 0.2) is 10.9 Å². The van der Waals surface area contributed by atoms with Crippen molar-refractivity contribution < 1.29 is 14.7 Å². The number of rotatable bonds is 6. The van der Waals surface area contributed by atoms with E-state index in [1.807, 2.05) is 42.0 Å². The number of carbonyl (C=O) groups is 2. The smallest absolute Gasteiger partial charge is 0.323 e. The molecule has 0 unspecified atom stereocenters. The average Bonchev–Trinajstić information content (AvgIpc) is 2.84. The second-order valence-electron chi connectivity index (χ2n) is 4.52. The van der Waals surface area contributed by atoms with Crippen LogP contribution in [0.5, 0.6) is 0 Å². The Morgan fingerprint density at radius 3 is 2.81 bits per heavy atom. The number of hydrogen-bond donors (Lipinski definition) is 1. The van der Waals surface area contributed by atoms with Gasteiger partial charge < -0.3 is 10.0 Å². The van der Waals surface area contributed by atoms with Crippen molar-refractivity contribution >= 4 is 29.2 Å². The van der Waals surface area contributed by atoms with Crippen LogP contribution in [-0.2, 0) is 4.79 Å². The summed E-state index contributed by atoms with van der Waals surface area (Å²) < 4.78 is 1.84. The molecule has 0 radical (unpaired) electrons. The molecule has 1 N–H and O–H groups in total. The molecule has 0 atom stereocenters. The van der Waals surface area contributed by atoms with Crippen LogP contribution in [0, 0.1) is 0 Å². The van der Waals surface area contributed by atoms with Gasteiger partial charge in [0.2, 0.25) is 0 Å². The minimum absolute atomic E-state index is 0.301. The number of thioether (sulfide) groups is 1. The highest BCUT2D eigenvalue weighted by atomic mass is 32.2. The van der Waals surface area contributed by atoms with Gasteiger partial charge in [-0.2, -0.15) is 0 Å². The zero-order chi connectivity index (χ0) is 15.4. The molecule has 0 aromatic carbocycles. The lowest BCUT2D eigenvalue weighted by molar-refractivity contribution is -0.137. The van der Waals surface area contributed by atoms with Gasteiger partial charge in [-0.05, 0) is 24.8 Å². The molecule has 7 heteroatoms. The summed E-state index contributed by atoms with van der Waals surface area (Å²) in [6.45, 7) is 1.99. The molecule has 2 aromatic heterocycles. The van der Waals surface area contributed by atoms with Crippen molar-refractivity contribution in [2.45, 2.75) is 18.5 Å². The summed E-state index contributed by atoms with van der Waals surface area (Å²) in [4.78, 5) is 29.2. The van der Waals surface area contributed by atoms with E-state index < -0.39 is 5.97 Å². The molecule has 2 rings (SSSR count). The minimum atomic E-state index is -1.02. The molecule has 0 fully saturated rings. The Bertz CT molecular complexity index is 669. The first kappa shape index (κ1) is 15.4. The standard InChI is InChI=1S/C14H17N3O3S/c1-3-7-16(9-11(18)19)13(20)12-10-6-4-5-8-17(10)14(15-12)21-2/h4-6,8H,3,7,9H2,1-2H3,(H,18,19). The molecule has 0 aliphatic heterocycles. The lowest BCUT2D eigenvalue weighted by Gasteiger charge is -2.18. The summed E-state index contributed by atoms with van der Waals surface area (Å²) in [6.07, 6.45) is 4.42. The van der Waals surface area contributed by atoms with E-state index in [0.29, 0.717) is 29.3 Å². The summed E-state index contributed by atoms with van der Waals surface area (Å²) in [5.74, 6) is -1.37. The number of imidazole rings is 1. The zero-order valence-corrected chi connectivity index (χ0v) is 12.8. The summed E-state index contributed by atoms with van der Waals surface area (Å²) in [5, 5.41) is 9.66. The Morgan fingerprint density at radius 2 is 2.19 bits per heavy atom. The van der Waals surface area contributed by atoms with Crippen LogP contribution in [-0.4, -0.2) is 50.6 Å². The Hall–Kier alpha value is -2.02. The van der Waals surface area contributed by atoms with E-state index in [1.54, 1.807) is 0 Å². The van der Waals surface area contributed by atoms with Crippen LogP contribution in [0.25, 0.3) is 5.52 Å². The maximum Gasteiger partial charge on any atom is 0.323 e. The first-order valence-electron chi connectivity index (χ1n) is 6.60. The summed E-state index contributed by atoms with van der Waals surface area (Å²) in [6, 6.07) is 5.51. The van der Waals surface area contributed by atoms with Crippen LogP contribution in [0.1, 0.15) is 23.8 Å². The summed E-state index contributed by atoms with van der Waals surface area (Å²) >= 11 is 1.44. The first-order valence-corrected chi connectivity index (χ1v) is 7.83. The molecule has 0 aliphatic carbocycles. The topological polar surface area (TPSA) is 74.9 Å². The van der Waals surface area contributed by atoms with Crippen molar-refractivity contribution in [2.24, 2.45) is 0 Å². The SMILES string of the molecule is CCCN(CC(=O)O)C(=O)c1nc(SC)n2ccccc12. The fraction of sp³-hybridized carbons (Fsp3) is 0.357. The number of amides is 1. The lowest BCUT2D eigenvalue weighted by atomic mass is 10.2. The van der Waals surface area contributed by atoms with Gasteiger partial charge in [0.05, 0.1) is 5.52 Å². The Kier molecular flexibility index (Phi) is 4.85. The van der Waals surface area contributed by atoms with Crippen molar-refractivity contribution in [3.05, 3.63) is 30.1 Å². The molecular weight excluding hydrogens is 290 g/mol. The number of carboxylic acid groups (broad SMARTS) is 1. The molecular formula is C14H17N3O3S. The van der Waals surface area contributed by atoms with Gasteiger partial charge in [0, 0.05) is 12.7 Å². The van der Waals surface area contributed by atoms with Gasteiger partial charge >= 0.3 is 5.97 Å². The fourth-order valence-electron chi connectivity index (χ4n) is 2.15. The Morgan fingerprint density at radius 1 is 1.43 bits per heavy atom. The number of pyridine rings is 1.